The van der Waals surface area contributed by atoms with Crippen LogP contribution >= 0.6 is 0 Å². The summed E-state index contributed by atoms with van der Waals surface area (Å²) >= 11 is 0. The van der Waals surface area contributed by atoms with Crippen molar-refractivity contribution in [3.63, 3.8) is 0 Å². The Hall–Kier alpha value is -1.24. The van der Waals surface area contributed by atoms with E-state index in [1.165, 1.54) is 11.5 Å². The highest BCUT2D eigenvalue weighted by molar-refractivity contribution is 7.95. The molecule has 0 bridgehead atoms. The van der Waals surface area contributed by atoms with Gasteiger partial charge < -0.3 is 4.90 Å². The largest absolute Gasteiger partial charge is 0.304 e. The van der Waals surface area contributed by atoms with E-state index in [2.05, 4.69) is 16.8 Å². The molecule has 4 nitrogen and oxygen atoms in total. The zero-order chi connectivity index (χ0) is 14.3. The van der Waals surface area contributed by atoms with Crippen LogP contribution in [-0.2, 0) is 9.84 Å². The average Bonchev–Trinajstić information content (AvgIpc) is 2.64. The van der Waals surface area contributed by atoms with Gasteiger partial charge in [0.05, 0.1) is 4.90 Å². The van der Waals surface area contributed by atoms with E-state index >= 15 is 0 Å². The van der Waals surface area contributed by atoms with Gasteiger partial charge in [0.1, 0.15) is 5.82 Å². The molecule has 20 heavy (non-hydrogen) atoms. The van der Waals surface area contributed by atoms with E-state index in [-0.39, 0.29) is 4.90 Å². The lowest BCUT2D eigenvalue weighted by atomic mass is 10.1. The molecular formula is C14H17FN2O2S. The number of piperazine rings is 1. The van der Waals surface area contributed by atoms with Crippen molar-refractivity contribution in [1.29, 1.82) is 0 Å². The molecule has 0 atom stereocenters. The summed E-state index contributed by atoms with van der Waals surface area (Å²) in [5, 5.41) is 1.29. The van der Waals surface area contributed by atoms with Crippen molar-refractivity contribution in [2.45, 2.75) is 4.90 Å². The highest BCUT2D eigenvalue weighted by atomic mass is 32.2. The predicted octanol–water partition coefficient (Wildman–Crippen LogP) is 1.20. The van der Waals surface area contributed by atoms with Gasteiger partial charge in [-0.15, -0.1) is 0 Å². The molecule has 1 saturated heterocycles. The van der Waals surface area contributed by atoms with Crippen LogP contribution in [0.4, 0.5) is 4.39 Å². The summed E-state index contributed by atoms with van der Waals surface area (Å²) < 4.78 is 37.3. The number of hydrogen-bond donors (Lipinski definition) is 0. The Balaban J connectivity index is 1.86. The molecule has 0 unspecified atom stereocenters. The first-order valence-electron chi connectivity index (χ1n) is 6.62. The number of hydrogen-bond acceptors (Lipinski definition) is 4. The van der Waals surface area contributed by atoms with Crippen LogP contribution in [0.25, 0.3) is 5.57 Å². The van der Waals surface area contributed by atoms with Gasteiger partial charge in [-0.3, -0.25) is 4.90 Å². The van der Waals surface area contributed by atoms with Gasteiger partial charge in [0.15, 0.2) is 0 Å². The second-order valence-corrected chi connectivity index (χ2v) is 7.17. The Kier molecular flexibility index (Phi) is 3.40. The summed E-state index contributed by atoms with van der Waals surface area (Å²) in [4.78, 5) is 4.58. The first-order chi connectivity index (χ1) is 9.45. The molecule has 1 fully saturated rings. The van der Waals surface area contributed by atoms with Gasteiger partial charge in [-0.1, -0.05) is 6.07 Å². The third kappa shape index (κ3) is 2.51. The molecular weight excluding hydrogens is 279 g/mol. The van der Waals surface area contributed by atoms with E-state index in [1.807, 2.05) is 0 Å². The second-order valence-electron chi connectivity index (χ2n) is 5.41. The van der Waals surface area contributed by atoms with Crippen molar-refractivity contribution >= 4 is 15.4 Å². The van der Waals surface area contributed by atoms with E-state index in [0.29, 0.717) is 12.1 Å². The van der Waals surface area contributed by atoms with Crippen molar-refractivity contribution in [3.8, 4) is 0 Å². The SMILES string of the molecule is CN1CCN(CC2=CS(=O)(=O)c3cc(F)ccc32)CC1. The number of sulfone groups is 1. The molecule has 6 heteroatoms. The molecule has 2 aliphatic heterocycles. The Morgan fingerprint density at radius 1 is 1.20 bits per heavy atom. The lowest BCUT2D eigenvalue weighted by molar-refractivity contribution is 0.168. The van der Waals surface area contributed by atoms with Crippen molar-refractivity contribution in [2.75, 3.05) is 39.8 Å². The zero-order valence-corrected chi connectivity index (χ0v) is 12.2. The van der Waals surface area contributed by atoms with Crippen molar-refractivity contribution < 1.29 is 12.8 Å². The van der Waals surface area contributed by atoms with Crippen LogP contribution in [0.1, 0.15) is 5.56 Å². The molecule has 0 spiro atoms. The van der Waals surface area contributed by atoms with Gasteiger partial charge in [-0.25, -0.2) is 12.8 Å². The Morgan fingerprint density at radius 3 is 2.60 bits per heavy atom. The number of benzene rings is 1. The number of rotatable bonds is 2. The Bertz CT molecular complexity index is 662. The summed E-state index contributed by atoms with van der Waals surface area (Å²) in [6.45, 7) is 4.41. The van der Waals surface area contributed by atoms with Gasteiger partial charge in [0.25, 0.3) is 0 Å². The topological polar surface area (TPSA) is 40.6 Å². The third-order valence-electron chi connectivity index (χ3n) is 3.88. The smallest absolute Gasteiger partial charge is 0.200 e. The standard InChI is InChI=1S/C14H17FN2O2S/c1-16-4-6-17(7-5-16)9-11-10-20(18,19)14-8-12(15)2-3-13(11)14/h2-3,8,10H,4-7,9H2,1H3. The van der Waals surface area contributed by atoms with Gasteiger partial charge >= 0.3 is 0 Å². The summed E-state index contributed by atoms with van der Waals surface area (Å²) in [5.74, 6) is -0.512. The predicted molar refractivity (Wildman–Crippen MR) is 75.5 cm³/mol. The summed E-state index contributed by atoms with van der Waals surface area (Å²) in [6, 6.07) is 3.99. The van der Waals surface area contributed by atoms with Crippen LogP contribution in [0.3, 0.4) is 0 Å². The van der Waals surface area contributed by atoms with E-state index in [4.69, 9.17) is 0 Å². The van der Waals surface area contributed by atoms with Gasteiger partial charge in [0.2, 0.25) is 9.84 Å². The highest BCUT2D eigenvalue weighted by Gasteiger charge is 2.28. The number of nitrogens with zero attached hydrogens (tertiary/aromatic N) is 2. The second kappa shape index (κ2) is 4.95. The zero-order valence-electron chi connectivity index (χ0n) is 11.3. The van der Waals surface area contributed by atoms with E-state index in [9.17, 15) is 12.8 Å². The highest BCUT2D eigenvalue weighted by Crippen LogP contribution is 2.34. The first kappa shape index (κ1) is 13.7. The molecule has 1 aromatic rings. The molecule has 0 aromatic heterocycles. The normalized spacial score (nSPS) is 22.6. The molecule has 108 valence electrons. The van der Waals surface area contributed by atoms with Gasteiger partial charge in [-0.2, -0.15) is 0 Å². The quantitative estimate of drug-likeness (QED) is 0.822. The molecule has 0 saturated carbocycles. The lowest BCUT2D eigenvalue weighted by Gasteiger charge is -2.32. The number of fused-ring (bicyclic) bond motifs is 1. The number of likely N-dealkylation sites (N-methyl/N-ethyl adjacent to an activating group) is 1. The van der Waals surface area contributed by atoms with Crippen LogP contribution in [0.5, 0.6) is 0 Å². The lowest BCUT2D eigenvalue weighted by Crippen LogP contribution is -2.44. The minimum Gasteiger partial charge on any atom is -0.304 e. The fourth-order valence-corrected chi connectivity index (χ4v) is 4.17. The van der Waals surface area contributed by atoms with E-state index in [0.717, 1.165) is 37.8 Å². The molecule has 1 aromatic carbocycles. The summed E-state index contributed by atoms with van der Waals surface area (Å²) in [7, 11) is -1.40. The van der Waals surface area contributed by atoms with Crippen LogP contribution in [-0.4, -0.2) is 58.0 Å². The van der Waals surface area contributed by atoms with Crippen LogP contribution in [0.15, 0.2) is 28.5 Å². The van der Waals surface area contributed by atoms with Crippen LogP contribution in [0.2, 0.25) is 0 Å². The van der Waals surface area contributed by atoms with Crippen LogP contribution < -0.4 is 0 Å². The minimum atomic E-state index is -3.48. The summed E-state index contributed by atoms with van der Waals surface area (Å²) in [5.41, 5.74) is 1.41. The summed E-state index contributed by atoms with van der Waals surface area (Å²) in [6.07, 6.45) is 0. The maximum absolute atomic E-state index is 13.2. The maximum Gasteiger partial charge on any atom is 0.200 e. The van der Waals surface area contributed by atoms with Crippen molar-refractivity contribution in [2.24, 2.45) is 0 Å². The Labute approximate surface area is 118 Å². The average molecular weight is 296 g/mol. The fourth-order valence-electron chi connectivity index (χ4n) is 2.68. The molecule has 0 radical (unpaired) electrons. The number of halogens is 1. The minimum absolute atomic E-state index is 0.0987. The van der Waals surface area contributed by atoms with E-state index < -0.39 is 15.7 Å². The van der Waals surface area contributed by atoms with Gasteiger partial charge in [0, 0.05) is 38.1 Å². The monoisotopic (exact) mass is 296 g/mol. The third-order valence-corrected chi connectivity index (χ3v) is 5.43. The molecule has 0 amide bonds. The maximum atomic E-state index is 13.2. The Morgan fingerprint density at radius 2 is 1.90 bits per heavy atom. The first-order valence-corrected chi connectivity index (χ1v) is 8.17. The fraction of sp³-hybridized carbons (Fsp3) is 0.429. The molecule has 3 rings (SSSR count). The molecule has 2 aliphatic rings. The molecule has 0 N–H and O–H groups in total. The molecule has 0 aliphatic carbocycles. The van der Waals surface area contributed by atoms with E-state index in [1.54, 1.807) is 6.07 Å². The van der Waals surface area contributed by atoms with Crippen LogP contribution in [0, 0.1) is 5.82 Å². The molecule has 2 heterocycles. The van der Waals surface area contributed by atoms with Crippen molar-refractivity contribution in [3.05, 3.63) is 35.0 Å². The van der Waals surface area contributed by atoms with Crippen molar-refractivity contribution in [1.82, 2.24) is 9.80 Å². The van der Waals surface area contributed by atoms with Gasteiger partial charge in [-0.05, 0) is 30.3 Å².